The smallest absolute Gasteiger partial charge is 0.139 e. The van der Waals surface area contributed by atoms with E-state index in [0.29, 0.717) is 12.3 Å². The second-order valence-corrected chi connectivity index (χ2v) is 4.83. The van der Waals surface area contributed by atoms with Crippen molar-refractivity contribution in [3.63, 3.8) is 0 Å². The Balaban J connectivity index is 2.21. The minimum atomic E-state index is 0.0810. The van der Waals surface area contributed by atoms with Gasteiger partial charge in [0.25, 0.3) is 0 Å². The van der Waals surface area contributed by atoms with E-state index in [1.165, 1.54) is 0 Å². The molecule has 3 N–H and O–H groups in total. The molecule has 0 spiro atoms. The van der Waals surface area contributed by atoms with Crippen LogP contribution in [0.3, 0.4) is 0 Å². The van der Waals surface area contributed by atoms with E-state index in [4.69, 9.17) is 15.0 Å². The zero-order valence-electron chi connectivity index (χ0n) is 12.4. The number of anilines is 2. The average Bonchev–Trinajstić information content (AvgIpc) is 2.68. The molecule has 0 saturated carbocycles. The van der Waals surface area contributed by atoms with Crippen LogP contribution >= 0.6 is 0 Å². The van der Waals surface area contributed by atoms with Crippen molar-refractivity contribution in [2.75, 3.05) is 17.7 Å². The molecule has 0 bridgehead atoms. The van der Waals surface area contributed by atoms with Gasteiger partial charge in [-0.15, -0.1) is 0 Å². The fourth-order valence-electron chi connectivity index (χ4n) is 2.39. The first-order chi connectivity index (χ1) is 9.51. The van der Waals surface area contributed by atoms with Crippen LogP contribution in [-0.2, 0) is 0 Å². The quantitative estimate of drug-likeness (QED) is 0.818. The largest absolute Gasteiger partial charge is 0.494 e. The number of nitrogen functional groups attached to an aromatic ring is 1. The van der Waals surface area contributed by atoms with Crippen LogP contribution < -0.4 is 15.8 Å². The third-order valence-electron chi connectivity index (χ3n) is 3.14. The van der Waals surface area contributed by atoms with Crippen molar-refractivity contribution in [1.82, 2.24) is 5.16 Å². The molecule has 2 rings (SSSR count). The molecule has 1 heterocycles. The average molecular weight is 275 g/mol. The van der Waals surface area contributed by atoms with Crippen molar-refractivity contribution in [3.8, 4) is 5.75 Å². The van der Waals surface area contributed by atoms with Crippen LogP contribution in [0, 0.1) is 13.8 Å². The van der Waals surface area contributed by atoms with Crippen LogP contribution in [0.15, 0.2) is 22.7 Å². The molecule has 1 unspecified atom stereocenters. The maximum absolute atomic E-state index is 5.89. The number of nitrogens with two attached hydrogens (primary N) is 1. The number of aromatic nitrogens is 1. The van der Waals surface area contributed by atoms with E-state index < -0.39 is 0 Å². The molecule has 1 atom stereocenters. The zero-order valence-corrected chi connectivity index (χ0v) is 12.4. The molecule has 0 saturated heterocycles. The van der Waals surface area contributed by atoms with E-state index in [0.717, 1.165) is 28.5 Å². The summed E-state index contributed by atoms with van der Waals surface area (Å²) in [5.41, 5.74) is 9.46. The van der Waals surface area contributed by atoms with Crippen LogP contribution in [0.25, 0.3) is 0 Å². The number of hydrogen-bond donors (Lipinski definition) is 2. The monoisotopic (exact) mass is 275 g/mol. The summed E-state index contributed by atoms with van der Waals surface area (Å²) in [5.74, 6) is 1.59. The van der Waals surface area contributed by atoms with Gasteiger partial charge in [0.05, 0.1) is 18.3 Å². The van der Waals surface area contributed by atoms with Gasteiger partial charge in [-0.2, -0.15) is 0 Å². The summed E-state index contributed by atoms with van der Waals surface area (Å²) in [7, 11) is 0. The van der Waals surface area contributed by atoms with Crippen LogP contribution in [0.1, 0.15) is 36.9 Å². The highest BCUT2D eigenvalue weighted by molar-refractivity contribution is 5.60. The molecule has 0 amide bonds. The number of ether oxygens (including phenoxy) is 1. The Morgan fingerprint density at radius 3 is 2.70 bits per heavy atom. The topological polar surface area (TPSA) is 73.3 Å². The standard InChI is InChI=1S/C15H21N3O2/c1-5-19-14-7-12(16)6-13(8-14)17-9(2)15-10(3)18-20-11(15)4/h6-9,17H,5,16H2,1-4H3. The summed E-state index contributed by atoms with van der Waals surface area (Å²) in [6, 6.07) is 5.72. The van der Waals surface area contributed by atoms with E-state index >= 15 is 0 Å². The van der Waals surface area contributed by atoms with Crippen molar-refractivity contribution >= 4 is 11.4 Å². The highest BCUT2D eigenvalue weighted by Crippen LogP contribution is 2.28. The predicted molar refractivity (Wildman–Crippen MR) is 80.0 cm³/mol. The summed E-state index contributed by atoms with van der Waals surface area (Å²) in [4.78, 5) is 0. The third-order valence-corrected chi connectivity index (χ3v) is 3.14. The molecule has 5 heteroatoms. The Kier molecular flexibility index (Phi) is 4.17. The lowest BCUT2D eigenvalue weighted by molar-refractivity contribution is 0.340. The van der Waals surface area contributed by atoms with Gasteiger partial charge < -0.3 is 20.3 Å². The fourth-order valence-corrected chi connectivity index (χ4v) is 2.39. The Morgan fingerprint density at radius 2 is 2.10 bits per heavy atom. The summed E-state index contributed by atoms with van der Waals surface area (Å²) in [6.45, 7) is 8.48. The van der Waals surface area contributed by atoms with E-state index in [2.05, 4.69) is 17.4 Å². The lowest BCUT2D eigenvalue weighted by Crippen LogP contribution is -2.09. The van der Waals surface area contributed by atoms with Crippen LogP contribution in [-0.4, -0.2) is 11.8 Å². The van der Waals surface area contributed by atoms with Gasteiger partial charge in [-0.3, -0.25) is 0 Å². The highest BCUT2D eigenvalue weighted by Gasteiger charge is 2.16. The molecule has 1 aromatic heterocycles. The molecule has 2 aromatic rings. The van der Waals surface area contributed by atoms with E-state index in [9.17, 15) is 0 Å². The van der Waals surface area contributed by atoms with Crippen LogP contribution in [0.5, 0.6) is 5.75 Å². The predicted octanol–water partition coefficient (Wildman–Crippen LogP) is 3.45. The number of nitrogens with zero attached hydrogens (tertiary/aromatic N) is 1. The maximum atomic E-state index is 5.89. The molecular weight excluding hydrogens is 254 g/mol. The minimum absolute atomic E-state index is 0.0810. The Labute approximate surface area is 119 Å². The molecule has 0 aliphatic rings. The summed E-state index contributed by atoms with van der Waals surface area (Å²) in [5, 5.41) is 7.38. The highest BCUT2D eigenvalue weighted by atomic mass is 16.5. The summed E-state index contributed by atoms with van der Waals surface area (Å²) < 4.78 is 10.7. The maximum Gasteiger partial charge on any atom is 0.139 e. The normalized spacial score (nSPS) is 12.2. The summed E-state index contributed by atoms with van der Waals surface area (Å²) >= 11 is 0. The molecule has 0 fully saturated rings. The van der Waals surface area contributed by atoms with Gasteiger partial charge in [0, 0.05) is 29.1 Å². The molecule has 5 nitrogen and oxygen atoms in total. The minimum Gasteiger partial charge on any atom is -0.494 e. The first kappa shape index (κ1) is 14.2. The lowest BCUT2D eigenvalue weighted by Gasteiger charge is -2.16. The van der Waals surface area contributed by atoms with Crippen molar-refractivity contribution < 1.29 is 9.26 Å². The Bertz CT molecular complexity index is 573. The number of nitrogens with one attached hydrogen (secondary N) is 1. The number of hydrogen-bond acceptors (Lipinski definition) is 5. The molecule has 108 valence electrons. The van der Waals surface area contributed by atoms with Crippen molar-refractivity contribution in [2.24, 2.45) is 0 Å². The van der Waals surface area contributed by atoms with E-state index in [1.807, 2.05) is 39.0 Å². The van der Waals surface area contributed by atoms with Crippen LogP contribution in [0.4, 0.5) is 11.4 Å². The first-order valence-corrected chi connectivity index (χ1v) is 6.74. The van der Waals surface area contributed by atoms with Crippen LogP contribution in [0.2, 0.25) is 0 Å². The van der Waals surface area contributed by atoms with Gasteiger partial charge in [0.1, 0.15) is 11.5 Å². The fraction of sp³-hybridized carbons (Fsp3) is 0.400. The van der Waals surface area contributed by atoms with E-state index in [1.54, 1.807) is 0 Å². The molecule has 0 aliphatic heterocycles. The molecule has 1 aromatic carbocycles. The first-order valence-electron chi connectivity index (χ1n) is 6.74. The Hall–Kier alpha value is -2.17. The van der Waals surface area contributed by atoms with Gasteiger partial charge in [-0.25, -0.2) is 0 Å². The van der Waals surface area contributed by atoms with Gasteiger partial charge >= 0.3 is 0 Å². The Morgan fingerprint density at radius 1 is 1.35 bits per heavy atom. The van der Waals surface area contributed by atoms with E-state index in [-0.39, 0.29) is 6.04 Å². The van der Waals surface area contributed by atoms with Gasteiger partial charge in [-0.05, 0) is 33.8 Å². The van der Waals surface area contributed by atoms with Crippen molar-refractivity contribution in [2.45, 2.75) is 33.7 Å². The van der Waals surface area contributed by atoms with Crippen molar-refractivity contribution in [3.05, 3.63) is 35.2 Å². The molecule has 0 aliphatic carbocycles. The molecule has 0 radical (unpaired) electrons. The second-order valence-electron chi connectivity index (χ2n) is 4.83. The number of benzene rings is 1. The van der Waals surface area contributed by atoms with Gasteiger partial charge in [0.15, 0.2) is 0 Å². The van der Waals surface area contributed by atoms with Crippen molar-refractivity contribution in [1.29, 1.82) is 0 Å². The van der Waals surface area contributed by atoms with Gasteiger partial charge in [-0.1, -0.05) is 5.16 Å². The number of rotatable bonds is 5. The SMILES string of the molecule is CCOc1cc(N)cc(NC(C)c2c(C)noc2C)c1. The number of aryl methyl sites for hydroxylation is 2. The van der Waals surface area contributed by atoms with Gasteiger partial charge in [0.2, 0.25) is 0 Å². The lowest BCUT2D eigenvalue weighted by atomic mass is 10.1. The third kappa shape index (κ3) is 3.04. The molecular formula is C15H21N3O2. The zero-order chi connectivity index (χ0) is 14.7. The molecule has 20 heavy (non-hydrogen) atoms. The second kappa shape index (κ2) is 5.86. The summed E-state index contributed by atoms with van der Waals surface area (Å²) in [6.07, 6.45) is 0.